The summed E-state index contributed by atoms with van der Waals surface area (Å²) in [6.07, 6.45) is 2.51. The molecule has 0 saturated heterocycles. The van der Waals surface area contributed by atoms with Crippen LogP contribution in [0.3, 0.4) is 0 Å². The van der Waals surface area contributed by atoms with Crippen molar-refractivity contribution < 1.29 is 9.90 Å². The number of benzene rings is 1. The smallest absolute Gasteiger partial charge is 0.161 e. The van der Waals surface area contributed by atoms with Gasteiger partial charge in [-0.2, -0.15) is 0 Å². The SMILES string of the molecule is CC(=O)c1cn(CCCO)c2cc(Cl)c(C)cc12. The number of carbonyl (C=O) groups excluding carboxylic acids is 1. The molecule has 0 radical (unpaired) electrons. The van der Waals surface area contributed by atoms with Gasteiger partial charge in [-0.15, -0.1) is 0 Å². The number of rotatable bonds is 4. The van der Waals surface area contributed by atoms with E-state index in [2.05, 4.69) is 0 Å². The van der Waals surface area contributed by atoms with Gasteiger partial charge in [-0.05, 0) is 38.0 Å². The molecule has 0 aliphatic heterocycles. The Balaban J connectivity index is 2.64. The average Bonchev–Trinajstić information content (AvgIpc) is 2.66. The number of carbonyl (C=O) groups is 1. The normalized spacial score (nSPS) is 11.1. The molecule has 0 aliphatic rings. The molecule has 0 aliphatic carbocycles. The topological polar surface area (TPSA) is 42.2 Å². The molecule has 96 valence electrons. The molecule has 18 heavy (non-hydrogen) atoms. The summed E-state index contributed by atoms with van der Waals surface area (Å²) in [5, 5.41) is 10.5. The van der Waals surface area contributed by atoms with Crippen LogP contribution in [0.25, 0.3) is 10.9 Å². The van der Waals surface area contributed by atoms with Crippen LogP contribution in [0, 0.1) is 6.92 Å². The van der Waals surface area contributed by atoms with Crippen molar-refractivity contribution >= 4 is 28.3 Å². The van der Waals surface area contributed by atoms with E-state index in [1.54, 1.807) is 6.92 Å². The first-order valence-electron chi connectivity index (χ1n) is 5.95. The zero-order chi connectivity index (χ0) is 13.3. The van der Waals surface area contributed by atoms with Gasteiger partial charge >= 0.3 is 0 Å². The monoisotopic (exact) mass is 265 g/mol. The lowest BCUT2D eigenvalue weighted by molar-refractivity contribution is 0.101. The Hall–Kier alpha value is -1.32. The fourth-order valence-electron chi connectivity index (χ4n) is 2.13. The number of hydrogen-bond donors (Lipinski definition) is 1. The summed E-state index contributed by atoms with van der Waals surface area (Å²) in [5.74, 6) is 0.0458. The Bertz CT molecular complexity index is 601. The molecule has 0 atom stereocenters. The third kappa shape index (κ3) is 2.28. The summed E-state index contributed by atoms with van der Waals surface area (Å²) in [5.41, 5.74) is 2.62. The standard InChI is InChI=1S/C14H16ClNO2/c1-9-6-11-12(10(2)18)8-16(4-3-5-17)14(11)7-13(9)15/h6-8,17H,3-5H2,1-2H3. The van der Waals surface area contributed by atoms with Gasteiger partial charge in [0, 0.05) is 35.3 Å². The molecule has 4 heteroatoms. The fourth-order valence-corrected chi connectivity index (χ4v) is 2.28. The zero-order valence-corrected chi connectivity index (χ0v) is 11.3. The Morgan fingerprint density at radius 1 is 1.44 bits per heavy atom. The Kier molecular flexibility index (Phi) is 3.73. The van der Waals surface area contributed by atoms with Gasteiger partial charge in [0.2, 0.25) is 0 Å². The van der Waals surface area contributed by atoms with E-state index in [0.717, 1.165) is 16.5 Å². The number of hydrogen-bond acceptors (Lipinski definition) is 2. The van der Waals surface area contributed by atoms with Crippen molar-refractivity contribution in [3.05, 3.63) is 34.5 Å². The molecule has 1 heterocycles. The van der Waals surface area contributed by atoms with Crippen LogP contribution in [-0.4, -0.2) is 22.1 Å². The predicted octanol–water partition coefficient (Wildman–Crippen LogP) is 3.19. The second-order valence-electron chi connectivity index (χ2n) is 4.49. The highest BCUT2D eigenvalue weighted by molar-refractivity contribution is 6.32. The van der Waals surface area contributed by atoms with Gasteiger partial charge in [0.1, 0.15) is 0 Å². The van der Waals surface area contributed by atoms with Gasteiger partial charge in [-0.3, -0.25) is 4.79 Å². The van der Waals surface area contributed by atoms with E-state index < -0.39 is 0 Å². The number of fused-ring (bicyclic) bond motifs is 1. The van der Waals surface area contributed by atoms with Crippen LogP contribution in [0.1, 0.15) is 29.3 Å². The van der Waals surface area contributed by atoms with Crippen molar-refractivity contribution in [2.24, 2.45) is 0 Å². The zero-order valence-electron chi connectivity index (χ0n) is 10.5. The van der Waals surface area contributed by atoms with E-state index >= 15 is 0 Å². The minimum absolute atomic E-state index is 0.0458. The minimum atomic E-state index is 0.0458. The molecule has 0 spiro atoms. The molecule has 0 unspecified atom stereocenters. The van der Waals surface area contributed by atoms with E-state index in [1.165, 1.54) is 0 Å². The number of aliphatic hydroxyl groups is 1. The van der Waals surface area contributed by atoms with E-state index in [4.69, 9.17) is 16.7 Å². The molecular formula is C14H16ClNO2. The lowest BCUT2D eigenvalue weighted by Crippen LogP contribution is -1.98. The van der Waals surface area contributed by atoms with Crippen LogP contribution in [-0.2, 0) is 6.54 Å². The van der Waals surface area contributed by atoms with Gasteiger partial charge in [-0.1, -0.05) is 11.6 Å². The van der Waals surface area contributed by atoms with Gasteiger partial charge < -0.3 is 9.67 Å². The summed E-state index contributed by atoms with van der Waals surface area (Å²) >= 11 is 6.13. The van der Waals surface area contributed by atoms with Crippen LogP contribution < -0.4 is 0 Å². The number of aliphatic hydroxyl groups excluding tert-OH is 1. The van der Waals surface area contributed by atoms with Crippen molar-refractivity contribution in [1.82, 2.24) is 4.57 Å². The van der Waals surface area contributed by atoms with E-state index in [1.807, 2.05) is 29.8 Å². The first-order chi connectivity index (χ1) is 8.54. The van der Waals surface area contributed by atoms with Crippen LogP contribution in [0.4, 0.5) is 0 Å². The van der Waals surface area contributed by atoms with Crippen molar-refractivity contribution in [3.63, 3.8) is 0 Å². The van der Waals surface area contributed by atoms with Crippen LogP contribution in [0.15, 0.2) is 18.3 Å². The maximum Gasteiger partial charge on any atom is 0.161 e. The lowest BCUT2D eigenvalue weighted by atomic mass is 10.1. The maximum atomic E-state index is 11.6. The minimum Gasteiger partial charge on any atom is -0.396 e. The number of Topliss-reactive ketones (excluding diaryl/α,β-unsaturated/α-hetero) is 1. The molecule has 2 aromatic rings. The molecule has 0 amide bonds. The maximum absolute atomic E-state index is 11.6. The number of halogens is 1. The molecule has 0 saturated carbocycles. The van der Waals surface area contributed by atoms with Crippen molar-refractivity contribution in [2.75, 3.05) is 6.61 Å². The molecule has 2 rings (SSSR count). The van der Waals surface area contributed by atoms with Gasteiger partial charge in [-0.25, -0.2) is 0 Å². The fraction of sp³-hybridized carbons (Fsp3) is 0.357. The van der Waals surface area contributed by atoms with Crippen molar-refractivity contribution in [2.45, 2.75) is 26.8 Å². The first kappa shape index (κ1) is 13.1. The van der Waals surface area contributed by atoms with Crippen LogP contribution >= 0.6 is 11.6 Å². The Morgan fingerprint density at radius 2 is 2.17 bits per heavy atom. The molecule has 0 bridgehead atoms. The van der Waals surface area contributed by atoms with Crippen molar-refractivity contribution in [3.8, 4) is 0 Å². The number of nitrogens with zero attached hydrogens (tertiary/aromatic N) is 1. The molecule has 0 fully saturated rings. The highest BCUT2D eigenvalue weighted by Crippen LogP contribution is 2.28. The molecule has 3 nitrogen and oxygen atoms in total. The second-order valence-corrected chi connectivity index (χ2v) is 4.90. The van der Waals surface area contributed by atoms with Gasteiger partial charge in [0.05, 0.1) is 5.52 Å². The van der Waals surface area contributed by atoms with E-state index in [9.17, 15) is 4.79 Å². The second kappa shape index (κ2) is 5.12. The van der Waals surface area contributed by atoms with E-state index in [0.29, 0.717) is 23.6 Å². The lowest BCUT2D eigenvalue weighted by Gasteiger charge is -2.05. The third-order valence-electron chi connectivity index (χ3n) is 3.10. The van der Waals surface area contributed by atoms with Gasteiger partial charge in [0.25, 0.3) is 0 Å². The highest BCUT2D eigenvalue weighted by Gasteiger charge is 2.13. The average molecular weight is 266 g/mol. The number of aromatic nitrogens is 1. The first-order valence-corrected chi connectivity index (χ1v) is 6.33. The summed E-state index contributed by atoms with van der Waals surface area (Å²) in [4.78, 5) is 11.6. The summed E-state index contributed by atoms with van der Waals surface area (Å²) in [7, 11) is 0. The summed E-state index contributed by atoms with van der Waals surface area (Å²) < 4.78 is 1.98. The summed E-state index contributed by atoms with van der Waals surface area (Å²) in [6.45, 7) is 4.31. The highest BCUT2D eigenvalue weighted by atomic mass is 35.5. The molecule has 1 aromatic carbocycles. The van der Waals surface area contributed by atoms with E-state index in [-0.39, 0.29) is 12.4 Å². The quantitative estimate of drug-likeness (QED) is 0.863. The Morgan fingerprint density at radius 3 is 2.78 bits per heavy atom. The van der Waals surface area contributed by atoms with Crippen molar-refractivity contribution in [1.29, 1.82) is 0 Å². The largest absolute Gasteiger partial charge is 0.396 e. The third-order valence-corrected chi connectivity index (χ3v) is 3.51. The summed E-state index contributed by atoms with van der Waals surface area (Å²) in [6, 6.07) is 3.83. The molecular weight excluding hydrogens is 250 g/mol. The van der Waals surface area contributed by atoms with Crippen LogP contribution in [0.2, 0.25) is 5.02 Å². The molecule has 1 N–H and O–H groups in total. The van der Waals surface area contributed by atoms with Crippen LogP contribution in [0.5, 0.6) is 0 Å². The molecule has 1 aromatic heterocycles. The number of aryl methyl sites for hydroxylation is 2. The Labute approximate surface area is 111 Å². The number of ketones is 1. The van der Waals surface area contributed by atoms with Gasteiger partial charge in [0.15, 0.2) is 5.78 Å². The predicted molar refractivity (Wildman–Crippen MR) is 73.4 cm³/mol.